The van der Waals surface area contributed by atoms with Crippen LogP contribution in [0.4, 0.5) is 0 Å². The Bertz CT molecular complexity index is 163. The lowest BCUT2D eigenvalue weighted by molar-refractivity contribution is 0.637. The van der Waals surface area contributed by atoms with Gasteiger partial charge in [-0.1, -0.05) is 69.6 Å². The lowest BCUT2D eigenvalue weighted by atomic mass is 10.1. The molecule has 0 spiro atoms. The zero-order valence-electron chi connectivity index (χ0n) is 9.54. The Morgan fingerprint density at radius 3 is 2.43 bits per heavy atom. The third kappa shape index (κ3) is 11.2. The molecule has 0 heterocycles. The quantitative estimate of drug-likeness (QED) is 0.273. The normalized spacial score (nSPS) is 11.5. The molecule has 0 heteroatoms. The van der Waals surface area contributed by atoms with Crippen molar-refractivity contribution in [2.45, 2.75) is 51.9 Å². The van der Waals surface area contributed by atoms with Gasteiger partial charge in [-0.15, -0.1) is 0 Å². The molecule has 0 saturated carbocycles. The summed E-state index contributed by atoms with van der Waals surface area (Å²) in [6.07, 6.45) is 19.6. The Kier molecular flexibility index (Phi) is 11.5. The predicted molar refractivity (Wildman–Crippen MR) is 66.5 cm³/mol. The molecule has 0 bridgehead atoms. The molecule has 0 amide bonds. The van der Waals surface area contributed by atoms with Crippen molar-refractivity contribution >= 4 is 0 Å². The molecule has 0 aromatic rings. The van der Waals surface area contributed by atoms with Crippen molar-refractivity contribution in [3.63, 3.8) is 0 Å². The fraction of sp³-hybridized carbons (Fsp3) is 0.571. The van der Waals surface area contributed by atoms with Crippen molar-refractivity contribution in [2.24, 2.45) is 0 Å². The van der Waals surface area contributed by atoms with Crippen LogP contribution in [0.1, 0.15) is 51.9 Å². The molecule has 0 rings (SSSR count). The van der Waals surface area contributed by atoms with Gasteiger partial charge in [0.25, 0.3) is 0 Å². The van der Waals surface area contributed by atoms with E-state index in [-0.39, 0.29) is 0 Å². The first-order chi connectivity index (χ1) is 6.91. The summed E-state index contributed by atoms with van der Waals surface area (Å²) in [6, 6.07) is 0. The molecule has 0 aliphatic heterocycles. The van der Waals surface area contributed by atoms with Crippen molar-refractivity contribution in [1.82, 2.24) is 0 Å². The van der Waals surface area contributed by atoms with E-state index in [9.17, 15) is 0 Å². The highest BCUT2D eigenvalue weighted by Gasteiger charge is 1.85. The summed E-state index contributed by atoms with van der Waals surface area (Å²) in [5.74, 6) is 0. The molecule has 0 N–H and O–H groups in total. The van der Waals surface area contributed by atoms with Gasteiger partial charge < -0.3 is 0 Å². The Labute approximate surface area is 89.4 Å². The monoisotopic (exact) mass is 192 g/mol. The first-order valence-electron chi connectivity index (χ1n) is 5.84. The van der Waals surface area contributed by atoms with Crippen LogP contribution in [0.15, 0.2) is 37.0 Å². The Morgan fingerprint density at radius 1 is 0.929 bits per heavy atom. The Hall–Kier alpha value is -0.780. The molecule has 0 aromatic heterocycles. The fourth-order valence-corrected chi connectivity index (χ4v) is 1.33. The standard InChI is InChI=1S/C14H24/c1-3-5-7-9-11-13-14-12-10-8-6-4-2/h3,5,7,11,13H,1,4,6,8-10,12,14H2,2H3. The summed E-state index contributed by atoms with van der Waals surface area (Å²) in [7, 11) is 0. The molecule has 14 heavy (non-hydrogen) atoms. The van der Waals surface area contributed by atoms with Crippen LogP contribution < -0.4 is 0 Å². The van der Waals surface area contributed by atoms with Gasteiger partial charge in [-0.05, 0) is 19.3 Å². The highest BCUT2D eigenvalue weighted by atomic mass is 13.9. The third-order valence-electron chi connectivity index (χ3n) is 2.19. The fourth-order valence-electron chi connectivity index (χ4n) is 1.33. The average molecular weight is 192 g/mol. The highest BCUT2D eigenvalue weighted by molar-refractivity contribution is 5.00. The zero-order chi connectivity index (χ0) is 10.5. The van der Waals surface area contributed by atoms with Gasteiger partial charge in [0.15, 0.2) is 0 Å². The van der Waals surface area contributed by atoms with E-state index in [2.05, 4.69) is 31.7 Å². The van der Waals surface area contributed by atoms with Crippen molar-refractivity contribution < 1.29 is 0 Å². The molecule has 80 valence electrons. The summed E-state index contributed by atoms with van der Waals surface area (Å²) < 4.78 is 0. The lowest BCUT2D eigenvalue weighted by Gasteiger charge is -1.95. The molecule has 0 nitrogen and oxygen atoms in total. The smallest absolute Gasteiger partial charge is 0.0166 e. The maximum Gasteiger partial charge on any atom is -0.0166 e. The second kappa shape index (κ2) is 12.2. The molecule has 0 unspecified atom stereocenters. The van der Waals surface area contributed by atoms with Gasteiger partial charge in [-0.25, -0.2) is 0 Å². The van der Waals surface area contributed by atoms with E-state index in [0.29, 0.717) is 0 Å². The van der Waals surface area contributed by atoms with Crippen LogP contribution in [-0.2, 0) is 0 Å². The number of allylic oxidation sites excluding steroid dienone is 5. The lowest BCUT2D eigenvalue weighted by Crippen LogP contribution is -1.75. The average Bonchev–Trinajstić information content (AvgIpc) is 2.21. The second-order valence-corrected chi connectivity index (χ2v) is 3.57. The first-order valence-corrected chi connectivity index (χ1v) is 5.84. The second-order valence-electron chi connectivity index (χ2n) is 3.57. The van der Waals surface area contributed by atoms with E-state index in [0.717, 1.165) is 6.42 Å². The third-order valence-corrected chi connectivity index (χ3v) is 2.19. The van der Waals surface area contributed by atoms with Crippen LogP contribution in [-0.4, -0.2) is 0 Å². The van der Waals surface area contributed by atoms with Crippen molar-refractivity contribution in [3.8, 4) is 0 Å². The van der Waals surface area contributed by atoms with Gasteiger partial charge in [-0.2, -0.15) is 0 Å². The summed E-state index contributed by atoms with van der Waals surface area (Å²) in [4.78, 5) is 0. The first kappa shape index (κ1) is 13.2. The molecule has 0 aliphatic rings. The predicted octanol–water partition coefficient (Wildman–Crippen LogP) is 5.04. The summed E-state index contributed by atoms with van der Waals surface area (Å²) >= 11 is 0. The molecule has 0 saturated heterocycles. The Balaban J connectivity index is 3.10. The van der Waals surface area contributed by atoms with Crippen LogP contribution in [0.25, 0.3) is 0 Å². The molecular weight excluding hydrogens is 168 g/mol. The molecule has 0 fully saturated rings. The van der Waals surface area contributed by atoms with E-state index in [1.165, 1.54) is 38.5 Å². The topological polar surface area (TPSA) is 0 Å². The molecule has 0 atom stereocenters. The SMILES string of the molecule is C=CC=CCC=CCCCCCCC. The van der Waals surface area contributed by atoms with Gasteiger partial charge in [0.1, 0.15) is 0 Å². The minimum absolute atomic E-state index is 1.04. The van der Waals surface area contributed by atoms with Crippen molar-refractivity contribution in [2.75, 3.05) is 0 Å². The van der Waals surface area contributed by atoms with Gasteiger partial charge in [-0.3, -0.25) is 0 Å². The number of unbranched alkanes of at least 4 members (excludes halogenated alkanes) is 5. The van der Waals surface area contributed by atoms with Crippen LogP contribution in [0, 0.1) is 0 Å². The van der Waals surface area contributed by atoms with Gasteiger partial charge >= 0.3 is 0 Å². The van der Waals surface area contributed by atoms with Gasteiger partial charge in [0, 0.05) is 0 Å². The minimum atomic E-state index is 1.04. The van der Waals surface area contributed by atoms with Gasteiger partial charge in [0.2, 0.25) is 0 Å². The van der Waals surface area contributed by atoms with Crippen molar-refractivity contribution in [1.29, 1.82) is 0 Å². The zero-order valence-corrected chi connectivity index (χ0v) is 9.54. The van der Waals surface area contributed by atoms with Crippen LogP contribution >= 0.6 is 0 Å². The summed E-state index contributed by atoms with van der Waals surface area (Å²) in [6.45, 7) is 5.88. The minimum Gasteiger partial charge on any atom is -0.0991 e. The highest BCUT2D eigenvalue weighted by Crippen LogP contribution is 2.05. The molecule has 0 aromatic carbocycles. The van der Waals surface area contributed by atoms with Crippen LogP contribution in [0.2, 0.25) is 0 Å². The van der Waals surface area contributed by atoms with Gasteiger partial charge in [0.05, 0.1) is 0 Å². The largest absolute Gasteiger partial charge is 0.0991 e. The summed E-state index contributed by atoms with van der Waals surface area (Å²) in [5.41, 5.74) is 0. The molecule has 0 aliphatic carbocycles. The Morgan fingerprint density at radius 2 is 1.71 bits per heavy atom. The van der Waals surface area contributed by atoms with E-state index >= 15 is 0 Å². The molecule has 0 radical (unpaired) electrons. The number of hydrogen-bond donors (Lipinski definition) is 0. The van der Waals surface area contributed by atoms with E-state index in [4.69, 9.17) is 0 Å². The number of rotatable bonds is 9. The maximum absolute atomic E-state index is 3.63. The summed E-state index contributed by atoms with van der Waals surface area (Å²) in [5, 5.41) is 0. The molecular formula is C14H24. The maximum atomic E-state index is 3.63. The van der Waals surface area contributed by atoms with Crippen molar-refractivity contribution in [3.05, 3.63) is 37.0 Å². The van der Waals surface area contributed by atoms with Crippen LogP contribution in [0.5, 0.6) is 0 Å². The van der Waals surface area contributed by atoms with E-state index in [1.54, 1.807) is 0 Å². The number of hydrogen-bond acceptors (Lipinski definition) is 0. The van der Waals surface area contributed by atoms with E-state index < -0.39 is 0 Å². The van der Waals surface area contributed by atoms with Crippen LogP contribution in [0.3, 0.4) is 0 Å². The van der Waals surface area contributed by atoms with E-state index in [1.807, 2.05) is 12.2 Å².